The molecule has 0 atom stereocenters. The van der Waals surface area contributed by atoms with Gasteiger partial charge in [-0.05, 0) is 44.4 Å². The van der Waals surface area contributed by atoms with E-state index in [1.807, 2.05) is 11.8 Å². The van der Waals surface area contributed by atoms with Crippen molar-refractivity contribution < 1.29 is 9.53 Å². The molecule has 1 saturated heterocycles. The Labute approximate surface area is 98.1 Å². The van der Waals surface area contributed by atoms with Crippen molar-refractivity contribution in [2.45, 2.75) is 52.1 Å². The van der Waals surface area contributed by atoms with Gasteiger partial charge in [0.15, 0.2) is 0 Å². The summed E-state index contributed by atoms with van der Waals surface area (Å²) in [5.41, 5.74) is -0.133. The number of amides is 1. The molecule has 92 valence electrons. The number of piperidine rings is 1. The minimum absolute atomic E-state index is 0.0952. The molecule has 1 aliphatic heterocycles. The van der Waals surface area contributed by atoms with Crippen LogP contribution < -0.4 is 0 Å². The van der Waals surface area contributed by atoms with Gasteiger partial charge in [-0.15, -0.1) is 0 Å². The monoisotopic (exact) mass is 225 g/mol. The fourth-order valence-electron chi connectivity index (χ4n) is 2.30. The summed E-state index contributed by atoms with van der Waals surface area (Å²) < 4.78 is 5.47. The van der Waals surface area contributed by atoms with Crippen molar-refractivity contribution in [3.05, 3.63) is 0 Å². The van der Waals surface area contributed by atoms with E-state index in [4.69, 9.17) is 4.74 Å². The van der Waals surface area contributed by atoms with Crippen LogP contribution in [0.3, 0.4) is 0 Å². The second kappa shape index (κ2) is 4.27. The maximum Gasteiger partial charge on any atom is 0.410 e. The van der Waals surface area contributed by atoms with Crippen LogP contribution in [0.4, 0.5) is 4.79 Å². The number of carbonyl (C=O) groups is 1. The normalized spacial score (nSPS) is 24.6. The van der Waals surface area contributed by atoms with Crippen LogP contribution in [-0.2, 0) is 4.74 Å². The zero-order valence-corrected chi connectivity index (χ0v) is 10.7. The minimum atomic E-state index is -0.133. The molecule has 3 heteroatoms. The van der Waals surface area contributed by atoms with Crippen molar-refractivity contribution in [2.24, 2.45) is 11.8 Å². The summed E-state index contributed by atoms with van der Waals surface area (Å²) in [5, 5.41) is 0. The molecular formula is C13H23NO2. The number of ether oxygens (including phenoxy) is 1. The molecule has 0 N–H and O–H groups in total. The summed E-state index contributed by atoms with van der Waals surface area (Å²) in [5.74, 6) is 1.51. The lowest BCUT2D eigenvalue weighted by Gasteiger charge is -2.33. The Kier molecular flexibility index (Phi) is 3.13. The van der Waals surface area contributed by atoms with Crippen LogP contribution in [0.1, 0.15) is 46.5 Å². The van der Waals surface area contributed by atoms with Crippen LogP contribution in [0.5, 0.6) is 0 Å². The van der Waals surface area contributed by atoms with Gasteiger partial charge in [0.05, 0.1) is 0 Å². The molecule has 16 heavy (non-hydrogen) atoms. The van der Waals surface area contributed by atoms with Gasteiger partial charge in [0, 0.05) is 13.1 Å². The van der Waals surface area contributed by atoms with Gasteiger partial charge in [-0.25, -0.2) is 4.79 Å². The fraction of sp³-hybridized carbons (Fsp3) is 0.923. The summed E-state index contributed by atoms with van der Waals surface area (Å²) >= 11 is 0. The van der Waals surface area contributed by atoms with Gasteiger partial charge in [-0.2, -0.15) is 0 Å². The fourth-order valence-corrected chi connectivity index (χ4v) is 2.30. The van der Waals surface area contributed by atoms with Crippen LogP contribution in [0.25, 0.3) is 0 Å². The first-order valence-electron chi connectivity index (χ1n) is 6.48. The predicted molar refractivity (Wildman–Crippen MR) is 63.3 cm³/mol. The summed E-state index contributed by atoms with van der Waals surface area (Å²) in [4.78, 5) is 13.7. The number of carbonyl (C=O) groups excluding carboxylic acids is 1. The molecular weight excluding hydrogens is 202 g/mol. The van der Waals surface area contributed by atoms with Crippen LogP contribution in [0, 0.1) is 11.8 Å². The number of rotatable bonds is 2. The first-order valence-corrected chi connectivity index (χ1v) is 6.48. The first-order chi connectivity index (χ1) is 7.50. The second-order valence-corrected chi connectivity index (χ2v) is 5.89. The molecule has 2 fully saturated rings. The third-order valence-electron chi connectivity index (χ3n) is 4.03. The largest absolute Gasteiger partial charge is 0.443 e. The highest BCUT2D eigenvalue weighted by Gasteiger charge is 2.43. The SMILES string of the molecule is CC(C)C1CCN(C(=O)OC2(C)CC2)CC1. The minimum Gasteiger partial charge on any atom is -0.443 e. The highest BCUT2D eigenvalue weighted by atomic mass is 16.6. The van der Waals surface area contributed by atoms with E-state index in [0.29, 0.717) is 0 Å². The summed E-state index contributed by atoms with van der Waals surface area (Å²) in [6.45, 7) is 8.30. The average Bonchev–Trinajstić information content (AvgIpc) is 2.96. The number of hydrogen-bond acceptors (Lipinski definition) is 2. The summed E-state index contributed by atoms with van der Waals surface area (Å²) in [7, 11) is 0. The molecule has 2 aliphatic rings. The standard InChI is InChI=1S/C13H23NO2/c1-10(2)11-4-8-14(9-5-11)12(15)16-13(3)6-7-13/h10-11H,4-9H2,1-3H3. The van der Waals surface area contributed by atoms with Gasteiger partial charge in [0.25, 0.3) is 0 Å². The first kappa shape index (κ1) is 11.7. The zero-order chi connectivity index (χ0) is 11.8. The molecule has 1 saturated carbocycles. The number of hydrogen-bond donors (Lipinski definition) is 0. The van der Waals surface area contributed by atoms with Gasteiger partial charge in [0.1, 0.15) is 5.60 Å². The third kappa shape index (κ3) is 2.69. The Hall–Kier alpha value is -0.730. The molecule has 0 aromatic rings. The molecule has 1 amide bonds. The lowest BCUT2D eigenvalue weighted by molar-refractivity contribution is 0.0461. The molecule has 0 bridgehead atoms. The molecule has 2 rings (SSSR count). The molecule has 0 aromatic heterocycles. The average molecular weight is 225 g/mol. The van der Waals surface area contributed by atoms with E-state index in [2.05, 4.69) is 13.8 Å². The molecule has 0 aromatic carbocycles. The van der Waals surface area contributed by atoms with Crippen molar-refractivity contribution in [1.82, 2.24) is 4.90 Å². The quantitative estimate of drug-likeness (QED) is 0.723. The van der Waals surface area contributed by atoms with E-state index in [1.165, 1.54) is 0 Å². The van der Waals surface area contributed by atoms with Gasteiger partial charge in [-0.3, -0.25) is 0 Å². The highest BCUT2D eigenvalue weighted by Crippen LogP contribution is 2.39. The van der Waals surface area contributed by atoms with Crippen molar-refractivity contribution >= 4 is 6.09 Å². The number of likely N-dealkylation sites (tertiary alicyclic amines) is 1. The Morgan fingerprint density at radius 1 is 1.31 bits per heavy atom. The third-order valence-corrected chi connectivity index (χ3v) is 4.03. The molecule has 3 nitrogen and oxygen atoms in total. The lowest BCUT2D eigenvalue weighted by Crippen LogP contribution is -2.41. The van der Waals surface area contributed by atoms with Crippen molar-refractivity contribution in [3.63, 3.8) is 0 Å². The van der Waals surface area contributed by atoms with E-state index >= 15 is 0 Å². The Morgan fingerprint density at radius 2 is 1.88 bits per heavy atom. The Bertz CT molecular complexity index is 263. The van der Waals surface area contributed by atoms with Crippen LogP contribution in [0.15, 0.2) is 0 Å². The van der Waals surface area contributed by atoms with E-state index in [-0.39, 0.29) is 11.7 Å². The Morgan fingerprint density at radius 3 is 2.31 bits per heavy atom. The summed E-state index contributed by atoms with van der Waals surface area (Å²) in [6, 6.07) is 0. The zero-order valence-electron chi connectivity index (χ0n) is 10.7. The maximum absolute atomic E-state index is 11.8. The van der Waals surface area contributed by atoms with E-state index < -0.39 is 0 Å². The topological polar surface area (TPSA) is 29.5 Å². The molecule has 1 heterocycles. The van der Waals surface area contributed by atoms with E-state index in [0.717, 1.165) is 50.6 Å². The van der Waals surface area contributed by atoms with Gasteiger partial charge in [-0.1, -0.05) is 13.8 Å². The molecule has 0 unspecified atom stereocenters. The van der Waals surface area contributed by atoms with Crippen molar-refractivity contribution in [2.75, 3.05) is 13.1 Å². The van der Waals surface area contributed by atoms with E-state index in [9.17, 15) is 4.79 Å². The van der Waals surface area contributed by atoms with Crippen LogP contribution in [0.2, 0.25) is 0 Å². The second-order valence-electron chi connectivity index (χ2n) is 5.89. The van der Waals surface area contributed by atoms with Crippen molar-refractivity contribution in [1.29, 1.82) is 0 Å². The van der Waals surface area contributed by atoms with Crippen LogP contribution >= 0.6 is 0 Å². The maximum atomic E-state index is 11.8. The number of nitrogens with zero attached hydrogens (tertiary/aromatic N) is 1. The smallest absolute Gasteiger partial charge is 0.410 e. The van der Waals surface area contributed by atoms with Crippen molar-refractivity contribution in [3.8, 4) is 0 Å². The highest BCUT2D eigenvalue weighted by molar-refractivity contribution is 5.68. The van der Waals surface area contributed by atoms with Gasteiger partial charge < -0.3 is 9.64 Å². The summed E-state index contributed by atoms with van der Waals surface area (Å²) in [6.07, 6.45) is 4.22. The van der Waals surface area contributed by atoms with Gasteiger partial charge >= 0.3 is 6.09 Å². The molecule has 1 aliphatic carbocycles. The van der Waals surface area contributed by atoms with Gasteiger partial charge in [0.2, 0.25) is 0 Å². The molecule has 0 radical (unpaired) electrons. The lowest BCUT2D eigenvalue weighted by atomic mass is 9.87. The van der Waals surface area contributed by atoms with E-state index in [1.54, 1.807) is 0 Å². The van der Waals surface area contributed by atoms with Crippen LogP contribution in [-0.4, -0.2) is 29.7 Å². The Balaban J connectivity index is 1.77. The molecule has 0 spiro atoms. The predicted octanol–water partition coefficient (Wildman–Crippen LogP) is 3.04.